The Balaban J connectivity index is 3.47. The second-order valence-electron chi connectivity index (χ2n) is 2.65. The van der Waals surface area contributed by atoms with Gasteiger partial charge in [-0.1, -0.05) is 0 Å². The van der Waals surface area contributed by atoms with Crippen molar-refractivity contribution in [2.75, 3.05) is 7.11 Å². The fourth-order valence-electron chi connectivity index (χ4n) is 1.05. The molecule has 0 aliphatic rings. The Kier molecular flexibility index (Phi) is 4.12. The van der Waals surface area contributed by atoms with Crippen LogP contribution in [0, 0.1) is 14.9 Å². The maximum atomic E-state index is 12.6. The molecule has 0 aliphatic heterocycles. The molecule has 0 amide bonds. The standard InChI is InChI=1S/C9H5F2IN2O2/c1-16-9(15)6-5(12)2-4(3-13)14-7(6)8(10)11/h2,8H,1H3. The van der Waals surface area contributed by atoms with Gasteiger partial charge in [-0.25, -0.2) is 18.6 Å². The molecular weight excluding hydrogens is 333 g/mol. The van der Waals surface area contributed by atoms with E-state index in [0.717, 1.165) is 7.11 Å². The number of pyridine rings is 1. The summed E-state index contributed by atoms with van der Waals surface area (Å²) in [7, 11) is 1.09. The molecule has 1 rings (SSSR count). The number of hydrogen-bond acceptors (Lipinski definition) is 4. The van der Waals surface area contributed by atoms with Gasteiger partial charge < -0.3 is 4.74 Å². The first-order valence-electron chi connectivity index (χ1n) is 3.98. The van der Waals surface area contributed by atoms with Crippen molar-refractivity contribution in [1.29, 1.82) is 5.26 Å². The molecule has 16 heavy (non-hydrogen) atoms. The molecule has 0 saturated carbocycles. The number of methoxy groups -OCH3 is 1. The van der Waals surface area contributed by atoms with Crippen LogP contribution in [0.15, 0.2) is 6.07 Å². The molecule has 0 unspecified atom stereocenters. The Hall–Kier alpha value is -1.30. The molecule has 0 aliphatic carbocycles. The zero-order valence-electron chi connectivity index (χ0n) is 8.00. The van der Waals surface area contributed by atoms with Crippen LogP contribution in [-0.2, 0) is 4.74 Å². The van der Waals surface area contributed by atoms with E-state index < -0.39 is 18.1 Å². The van der Waals surface area contributed by atoms with Gasteiger partial charge in [0.2, 0.25) is 0 Å². The Labute approximate surface area is 103 Å². The average molecular weight is 338 g/mol. The summed E-state index contributed by atoms with van der Waals surface area (Å²) in [5.74, 6) is -0.892. The highest BCUT2D eigenvalue weighted by Gasteiger charge is 2.24. The molecule has 0 spiro atoms. The number of nitrogens with zero attached hydrogens (tertiary/aromatic N) is 2. The summed E-state index contributed by atoms with van der Waals surface area (Å²) in [5, 5.41) is 8.58. The third kappa shape index (κ3) is 2.44. The van der Waals surface area contributed by atoms with Gasteiger partial charge in [-0.3, -0.25) is 0 Å². The van der Waals surface area contributed by atoms with Crippen molar-refractivity contribution < 1.29 is 18.3 Å². The number of esters is 1. The van der Waals surface area contributed by atoms with Crippen LogP contribution in [0.3, 0.4) is 0 Å². The van der Waals surface area contributed by atoms with Gasteiger partial charge in [0.25, 0.3) is 6.43 Å². The Morgan fingerprint density at radius 3 is 2.75 bits per heavy atom. The monoisotopic (exact) mass is 338 g/mol. The van der Waals surface area contributed by atoms with Crippen molar-refractivity contribution in [1.82, 2.24) is 4.98 Å². The Bertz CT molecular complexity index is 471. The van der Waals surface area contributed by atoms with E-state index in [1.807, 2.05) is 0 Å². The van der Waals surface area contributed by atoms with Gasteiger partial charge in [-0.15, -0.1) is 0 Å². The van der Waals surface area contributed by atoms with E-state index in [4.69, 9.17) is 5.26 Å². The van der Waals surface area contributed by atoms with Gasteiger partial charge >= 0.3 is 5.97 Å². The van der Waals surface area contributed by atoms with Crippen molar-refractivity contribution in [2.45, 2.75) is 6.43 Å². The lowest BCUT2D eigenvalue weighted by Crippen LogP contribution is -2.11. The number of carbonyl (C=O) groups is 1. The highest BCUT2D eigenvalue weighted by Crippen LogP contribution is 2.26. The number of halogens is 3. The van der Waals surface area contributed by atoms with Gasteiger partial charge in [0.1, 0.15) is 23.0 Å². The second-order valence-corrected chi connectivity index (χ2v) is 3.82. The largest absolute Gasteiger partial charge is 0.465 e. The van der Waals surface area contributed by atoms with Crippen LogP contribution in [-0.4, -0.2) is 18.1 Å². The average Bonchev–Trinajstić information content (AvgIpc) is 2.26. The van der Waals surface area contributed by atoms with E-state index in [1.54, 1.807) is 28.7 Å². The summed E-state index contributed by atoms with van der Waals surface area (Å²) in [4.78, 5) is 14.7. The number of hydrogen-bond donors (Lipinski definition) is 0. The molecule has 0 aromatic carbocycles. The van der Waals surface area contributed by atoms with Crippen LogP contribution in [0.1, 0.15) is 28.2 Å². The highest BCUT2D eigenvalue weighted by atomic mass is 127. The maximum absolute atomic E-state index is 12.6. The summed E-state index contributed by atoms with van der Waals surface area (Å²) >= 11 is 1.68. The van der Waals surface area contributed by atoms with E-state index in [-0.39, 0.29) is 14.8 Å². The van der Waals surface area contributed by atoms with Gasteiger partial charge in [0.15, 0.2) is 0 Å². The molecule has 0 saturated heterocycles. The lowest BCUT2D eigenvalue weighted by molar-refractivity contribution is 0.0585. The van der Waals surface area contributed by atoms with E-state index >= 15 is 0 Å². The van der Waals surface area contributed by atoms with Crippen LogP contribution in [0.25, 0.3) is 0 Å². The number of alkyl halides is 2. The summed E-state index contributed by atoms with van der Waals surface area (Å²) in [6.07, 6.45) is -2.93. The molecule has 1 aromatic heterocycles. The minimum atomic E-state index is -2.93. The van der Waals surface area contributed by atoms with Gasteiger partial charge in [-0.2, -0.15) is 5.26 Å². The van der Waals surface area contributed by atoms with Crippen LogP contribution in [0.4, 0.5) is 8.78 Å². The third-order valence-electron chi connectivity index (χ3n) is 1.71. The van der Waals surface area contributed by atoms with Gasteiger partial charge in [0.05, 0.1) is 7.11 Å². The smallest absolute Gasteiger partial charge is 0.341 e. The molecule has 84 valence electrons. The molecule has 0 radical (unpaired) electrons. The Morgan fingerprint density at radius 2 is 2.31 bits per heavy atom. The molecule has 4 nitrogen and oxygen atoms in total. The van der Waals surface area contributed by atoms with Crippen molar-refractivity contribution >= 4 is 28.6 Å². The van der Waals surface area contributed by atoms with E-state index in [1.165, 1.54) is 6.07 Å². The Morgan fingerprint density at radius 1 is 1.69 bits per heavy atom. The van der Waals surface area contributed by atoms with Crippen LogP contribution in [0.5, 0.6) is 0 Å². The first-order valence-corrected chi connectivity index (χ1v) is 5.06. The fourth-order valence-corrected chi connectivity index (χ4v) is 1.84. The van der Waals surface area contributed by atoms with Crippen LogP contribution in [0.2, 0.25) is 0 Å². The number of nitriles is 1. The SMILES string of the molecule is COC(=O)c1c(I)cc(C#N)nc1C(F)F. The van der Waals surface area contributed by atoms with E-state index in [2.05, 4.69) is 9.72 Å². The first-order chi connectivity index (χ1) is 7.51. The molecule has 0 bridgehead atoms. The molecule has 1 heterocycles. The molecular formula is C9H5F2IN2O2. The lowest BCUT2D eigenvalue weighted by Gasteiger charge is -2.08. The second kappa shape index (κ2) is 5.16. The normalized spacial score (nSPS) is 10.0. The zero-order valence-corrected chi connectivity index (χ0v) is 10.2. The molecule has 0 atom stereocenters. The summed E-state index contributed by atoms with van der Waals surface area (Å²) in [5.41, 5.74) is -1.18. The summed E-state index contributed by atoms with van der Waals surface area (Å²) < 4.78 is 29.9. The summed E-state index contributed by atoms with van der Waals surface area (Å²) in [6, 6.07) is 2.89. The van der Waals surface area contributed by atoms with Crippen molar-refractivity contribution in [2.24, 2.45) is 0 Å². The molecule has 7 heteroatoms. The van der Waals surface area contributed by atoms with Crippen LogP contribution < -0.4 is 0 Å². The molecule has 0 fully saturated rings. The molecule has 1 aromatic rings. The van der Waals surface area contributed by atoms with Gasteiger partial charge in [-0.05, 0) is 28.7 Å². The molecule has 0 N–H and O–H groups in total. The number of carbonyl (C=O) groups excluding carboxylic acids is 1. The quantitative estimate of drug-likeness (QED) is 0.613. The zero-order chi connectivity index (χ0) is 12.3. The third-order valence-corrected chi connectivity index (χ3v) is 2.56. The topological polar surface area (TPSA) is 63.0 Å². The number of aromatic nitrogens is 1. The van der Waals surface area contributed by atoms with Crippen molar-refractivity contribution in [3.05, 3.63) is 26.6 Å². The van der Waals surface area contributed by atoms with Crippen molar-refractivity contribution in [3.8, 4) is 6.07 Å². The maximum Gasteiger partial charge on any atom is 0.341 e. The lowest BCUT2D eigenvalue weighted by atomic mass is 10.2. The fraction of sp³-hybridized carbons (Fsp3) is 0.222. The minimum absolute atomic E-state index is 0.160. The first kappa shape index (κ1) is 12.8. The van der Waals surface area contributed by atoms with Crippen molar-refractivity contribution in [3.63, 3.8) is 0 Å². The minimum Gasteiger partial charge on any atom is -0.465 e. The van der Waals surface area contributed by atoms with Gasteiger partial charge in [0, 0.05) is 3.57 Å². The summed E-state index contributed by atoms with van der Waals surface area (Å²) in [6.45, 7) is 0. The number of ether oxygens (including phenoxy) is 1. The van der Waals surface area contributed by atoms with E-state index in [9.17, 15) is 13.6 Å². The van der Waals surface area contributed by atoms with E-state index in [0.29, 0.717) is 0 Å². The van der Waals surface area contributed by atoms with Crippen LogP contribution >= 0.6 is 22.6 Å². The predicted octanol–water partition coefficient (Wildman–Crippen LogP) is 2.28. The number of rotatable bonds is 2. The predicted molar refractivity (Wildman–Crippen MR) is 58.0 cm³/mol. The highest BCUT2D eigenvalue weighted by molar-refractivity contribution is 14.1.